The maximum Gasteiger partial charge on any atom is 0.119 e. The van der Waals surface area contributed by atoms with Gasteiger partial charge in [0.1, 0.15) is 18.5 Å². The second-order valence-corrected chi connectivity index (χ2v) is 7.09. The van der Waals surface area contributed by atoms with Gasteiger partial charge >= 0.3 is 0 Å². The number of benzene rings is 2. The summed E-state index contributed by atoms with van der Waals surface area (Å²) in [6, 6.07) is 18.1. The number of likely N-dealkylation sites (N-methyl/N-ethyl adjacent to an activating group) is 1. The Morgan fingerprint density at radius 1 is 1.08 bits per heavy atom. The van der Waals surface area contributed by atoms with Gasteiger partial charge in [0.25, 0.3) is 0 Å². The van der Waals surface area contributed by atoms with E-state index < -0.39 is 6.10 Å². The molecule has 0 amide bonds. The Morgan fingerprint density at radius 3 is 2.32 bits per heavy atom. The Kier molecular flexibility index (Phi) is 6.85. The molecule has 0 spiro atoms. The van der Waals surface area contributed by atoms with Crippen LogP contribution in [-0.4, -0.2) is 48.9 Å². The molecule has 2 rings (SSSR count). The zero-order valence-electron chi connectivity index (χ0n) is 15.7. The van der Waals surface area contributed by atoms with Crippen LogP contribution in [0.4, 0.5) is 5.69 Å². The van der Waals surface area contributed by atoms with Crippen molar-refractivity contribution < 1.29 is 9.84 Å². The van der Waals surface area contributed by atoms with Crippen LogP contribution in [0.25, 0.3) is 0 Å². The molecule has 0 radical (unpaired) electrons. The lowest BCUT2D eigenvalue weighted by atomic mass is 9.93. The highest BCUT2D eigenvalue weighted by Gasteiger charge is 2.25. The minimum atomic E-state index is -0.531. The molecular formula is C21H30N2O2. The summed E-state index contributed by atoms with van der Waals surface area (Å²) in [5, 5.41) is 13.4. The molecule has 0 heterocycles. The van der Waals surface area contributed by atoms with Crippen molar-refractivity contribution in [3.05, 3.63) is 60.2 Å². The highest BCUT2D eigenvalue weighted by atomic mass is 16.5. The summed E-state index contributed by atoms with van der Waals surface area (Å²) < 4.78 is 5.64. The number of hydrogen-bond donors (Lipinski definition) is 2. The minimum absolute atomic E-state index is 0.0606. The van der Waals surface area contributed by atoms with Crippen LogP contribution in [0.5, 0.6) is 5.75 Å². The van der Waals surface area contributed by atoms with Crippen molar-refractivity contribution in [2.24, 2.45) is 0 Å². The molecule has 0 fully saturated rings. The van der Waals surface area contributed by atoms with E-state index in [0.29, 0.717) is 13.2 Å². The summed E-state index contributed by atoms with van der Waals surface area (Å²) in [5.74, 6) is 0.785. The van der Waals surface area contributed by atoms with Gasteiger partial charge in [0.15, 0.2) is 0 Å². The molecule has 2 aromatic rings. The lowest BCUT2D eigenvalue weighted by Crippen LogP contribution is -2.47. The second-order valence-electron chi connectivity index (χ2n) is 7.09. The largest absolute Gasteiger partial charge is 0.491 e. The van der Waals surface area contributed by atoms with Gasteiger partial charge in [0, 0.05) is 24.8 Å². The van der Waals surface area contributed by atoms with Crippen LogP contribution in [0, 0.1) is 0 Å². The molecule has 1 atom stereocenters. The molecule has 0 aromatic heterocycles. The molecule has 0 saturated heterocycles. The fourth-order valence-corrected chi connectivity index (χ4v) is 2.75. The predicted octanol–water partition coefficient (Wildman–Crippen LogP) is 3.42. The lowest BCUT2D eigenvalue weighted by Gasteiger charge is -2.37. The van der Waals surface area contributed by atoms with E-state index in [1.165, 1.54) is 5.56 Å². The number of para-hydroxylation sites is 1. The minimum Gasteiger partial charge on any atom is -0.491 e. The van der Waals surface area contributed by atoms with E-state index in [-0.39, 0.29) is 5.54 Å². The summed E-state index contributed by atoms with van der Waals surface area (Å²) in [7, 11) is 3.97. The molecular weight excluding hydrogens is 312 g/mol. The number of ether oxygens (including phenoxy) is 1. The highest BCUT2D eigenvalue weighted by Crippen LogP contribution is 2.21. The molecule has 0 bridgehead atoms. The topological polar surface area (TPSA) is 44.7 Å². The van der Waals surface area contributed by atoms with Crippen LogP contribution in [0.3, 0.4) is 0 Å². The molecule has 1 unspecified atom stereocenters. The molecule has 0 aliphatic rings. The van der Waals surface area contributed by atoms with Crippen molar-refractivity contribution in [1.82, 2.24) is 4.90 Å². The van der Waals surface area contributed by atoms with Gasteiger partial charge in [-0.25, -0.2) is 0 Å². The normalized spacial score (nSPS) is 12.9. The van der Waals surface area contributed by atoms with Crippen LogP contribution >= 0.6 is 0 Å². The Labute approximate surface area is 151 Å². The molecule has 0 aliphatic carbocycles. The van der Waals surface area contributed by atoms with Crippen molar-refractivity contribution in [3.63, 3.8) is 0 Å². The zero-order valence-corrected chi connectivity index (χ0v) is 15.7. The average molecular weight is 342 g/mol. The first-order chi connectivity index (χ1) is 11.9. The fraction of sp³-hybridized carbons (Fsp3) is 0.429. The van der Waals surface area contributed by atoms with Gasteiger partial charge in [-0.3, -0.25) is 4.90 Å². The van der Waals surface area contributed by atoms with Gasteiger partial charge in [-0.05, 0) is 57.1 Å². The number of nitrogens with one attached hydrogen (secondary N) is 1. The number of anilines is 1. The third kappa shape index (κ3) is 6.07. The Hall–Kier alpha value is -2.04. The van der Waals surface area contributed by atoms with Crippen molar-refractivity contribution in [2.45, 2.75) is 31.9 Å². The summed E-state index contributed by atoms with van der Waals surface area (Å²) in [4.78, 5) is 2.19. The zero-order chi connectivity index (χ0) is 18.3. The molecule has 4 heteroatoms. The fourth-order valence-electron chi connectivity index (χ4n) is 2.75. The van der Waals surface area contributed by atoms with Crippen molar-refractivity contribution >= 4 is 5.69 Å². The van der Waals surface area contributed by atoms with Crippen molar-refractivity contribution in [1.29, 1.82) is 0 Å². The molecule has 2 aromatic carbocycles. The van der Waals surface area contributed by atoms with Crippen LogP contribution in [0.2, 0.25) is 0 Å². The number of aliphatic hydroxyl groups excluding tert-OH is 1. The number of rotatable bonds is 9. The Bertz CT molecular complexity index is 626. The van der Waals surface area contributed by atoms with Gasteiger partial charge in [-0.15, -0.1) is 0 Å². The third-order valence-electron chi connectivity index (χ3n) is 4.58. The maximum atomic E-state index is 10.3. The lowest BCUT2D eigenvalue weighted by molar-refractivity contribution is 0.0419. The molecule has 2 N–H and O–H groups in total. The van der Waals surface area contributed by atoms with E-state index in [4.69, 9.17) is 4.74 Å². The predicted molar refractivity (Wildman–Crippen MR) is 104 cm³/mol. The van der Waals surface area contributed by atoms with E-state index in [1.54, 1.807) is 0 Å². The number of nitrogens with zero attached hydrogens (tertiary/aromatic N) is 1. The maximum absolute atomic E-state index is 10.3. The van der Waals surface area contributed by atoms with Gasteiger partial charge in [-0.1, -0.05) is 30.3 Å². The quantitative estimate of drug-likeness (QED) is 0.733. The van der Waals surface area contributed by atoms with E-state index in [2.05, 4.69) is 48.3 Å². The first kappa shape index (κ1) is 19.3. The van der Waals surface area contributed by atoms with Crippen LogP contribution in [-0.2, 0) is 6.42 Å². The van der Waals surface area contributed by atoms with Gasteiger partial charge < -0.3 is 15.2 Å². The summed E-state index contributed by atoms with van der Waals surface area (Å²) in [5.41, 5.74) is 2.34. The SMILES string of the molecule is CNc1ccc(CC(C)(C)N(C)CC(O)COc2ccccc2)cc1. The van der Waals surface area contributed by atoms with Gasteiger partial charge in [-0.2, -0.15) is 0 Å². The number of hydrogen-bond acceptors (Lipinski definition) is 4. The van der Waals surface area contributed by atoms with E-state index >= 15 is 0 Å². The van der Waals surface area contributed by atoms with E-state index in [1.807, 2.05) is 44.4 Å². The summed E-state index contributed by atoms with van der Waals surface area (Å²) in [6.07, 6.45) is 0.385. The van der Waals surface area contributed by atoms with Crippen molar-refractivity contribution in [2.75, 3.05) is 32.6 Å². The molecule has 0 aliphatic heterocycles. The van der Waals surface area contributed by atoms with Crippen LogP contribution in [0.1, 0.15) is 19.4 Å². The Morgan fingerprint density at radius 2 is 1.72 bits per heavy atom. The van der Waals surface area contributed by atoms with Gasteiger partial charge in [0.05, 0.1) is 0 Å². The number of aliphatic hydroxyl groups is 1. The third-order valence-corrected chi connectivity index (χ3v) is 4.58. The highest BCUT2D eigenvalue weighted by molar-refractivity contribution is 5.44. The molecule has 25 heavy (non-hydrogen) atoms. The number of β-amino-alcohol motifs (C(OH)–C–C–N with tert-alkyl or cyclic N) is 1. The molecule has 4 nitrogen and oxygen atoms in total. The van der Waals surface area contributed by atoms with Crippen LogP contribution in [0.15, 0.2) is 54.6 Å². The van der Waals surface area contributed by atoms with Gasteiger partial charge in [0.2, 0.25) is 0 Å². The summed E-state index contributed by atoms with van der Waals surface area (Å²) in [6.45, 7) is 5.25. The standard InChI is InChI=1S/C21H30N2O2/c1-21(2,14-17-10-12-18(22-3)13-11-17)23(4)15-19(24)16-25-20-8-6-5-7-9-20/h5-13,19,22,24H,14-16H2,1-4H3. The average Bonchev–Trinajstić information content (AvgIpc) is 2.61. The molecule has 0 saturated carbocycles. The van der Waals surface area contributed by atoms with E-state index in [0.717, 1.165) is 17.9 Å². The smallest absolute Gasteiger partial charge is 0.119 e. The monoisotopic (exact) mass is 342 g/mol. The second kappa shape index (κ2) is 8.88. The first-order valence-electron chi connectivity index (χ1n) is 8.74. The van der Waals surface area contributed by atoms with Crippen LogP contribution < -0.4 is 10.1 Å². The Balaban J connectivity index is 1.85. The summed E-state index contributed by atoms with van der Waals surface area (Å²) >= 11 is 0. The molecule has 136 valence electrons. The van der Waals surface area contributed by atoms with Crippen molar-refractivity contribution in [3.8, 4) is 5.75 Å². The first-order valence-corrected chi connectivity index (χ1v) is 8.74. The van der Waals surface area contributed by atoms with E-state index in [9.17, 15) is 5.11 Å².